The summed E-state index contributed by atoms with van der Waals surface area (Å²) in [7, 11) is 0. The number of carboxylic acids is 1. The summed E-state index contributed by atoms with van der Waals surface area (Å²) < 4.78 is 2.13. The maximum Gasteiger partial charge on any atom is 0.335 e. The molecule has 6 heteroatoms. The Hall–Kier alpha value is -2.79. The molecule has 5 rings (SSSR count). The van der Waals surface area contributed by atoms with Gasteiger partial charge in [-0.05, 0) is 48.6 Å². The van der Waals surface area contributed by atoms with Gasteiger partial charge < -0.3 is 10.0 Å². The molecule has 2 aliphatic rings. The molecular formula is C24H24ClN3O2. The fourth-order valence-corrected chi connectivity index (χ4v) is 5.08. The lowest BCUT2D eigenvalue weighted by atomic mass is 9.62. The van der Waals surface area contributed by atoms with Gasteiger partial charge in [0.15, 0.2) is 0 Å². The average molecular weight is 422 g/mol. The van der Waals surface area contributed by atoms with Crippen molar-refractivity contribution in [3.63, 3.8) is 0 Å². The molecule has 154 valence electrons. The van der Waals surface area contributed by atoms with E-state index in [4.69, 9.17) is 21.8 Å². The third kappa shape index (κ3) is 3.18. The number of fused-ring (bicyclic) bond motifs is 1. The molecule has 1 fully saturated rings. The van der Waals surface area contributed by atoms with Crippen LogP contribution < -0.4 is 4.90 Å². The van der Waals surface area contributed by atoms with Crippen molar-refractivity contribution >= 4 is 23.4 Å². The van der Waals surface area contributed by atoms with Crippen molar-refractivity contribution in [1.29, 1.82) is 0 Å². The van der Waals surface area contributed by atoms with Crippen LogP contribution in [0.15, 0.2) is 54.6 Å². The zero-order valence-corrected chi connectivity index (χ0v) is 17.5. The Bertz CT molecular complexity index is 1090. The molecule has 5 nitrogen and oxygen atoms in total. The second-order valence-corrected chi connectivity index (χ2v) is 8.71. The minimum absolute atomic E-state index is 0.0858. The van der Waals surface area contributed by atoms with Gasteiger partial charge in [0, 0.05) is 36.1 Å². The molecular weight excluding hydrogens is 398 g/mol. The first-order valence-electron chi connectivity index (χ1n) is 10.5. The highest BCUT2D eigenvalue weighted by Gasteiger charge is 2.44. The SMILES string of the molecule is O=C(O)c1ccc(CN2CCCn3nc(C4(c5ccccc5Cl)CCC4)cc32)cc1. The summed E-state index contributed by atoms with van der Waals surface area (Å²) in [5, 5.41) is 15.0. The number of anilines is 1. The summed E-state index contributed by atoms with van der Waals surface area (Å²) >= 11 is 6.58. The predicted octanol–water partition coefficient (Wildman–Crippen LogP) is 5.12. The first kappa shape index (κ1) is 19.2. The Kier molecular flexibility index (Phi) is 4.78. The van der Waals surface area contributed by atoms with Gasteiger partial charge in [-0.25, -0.2) is 9.48 Å². The molecule has 0 bridgehead atoms. The van der Waals surface area contributed by atoms with Crippen LogP contribution in [0, 0.1) is 0 Å². The summed E-state index contributed by atoms with van der Waals surface area (Å²) in [4.78, 5) is 13.4. The van der Waals surface area contributed by atoms with E-state index in [1.807, 2.05) is 24.3 Å². The molecule has 0 radical (unpaired) electrons. The van der Waals surface area contributed by atoms with Crippen LogP contribution in [0.2, 0.25) is 5.02 Å². The van der Waals surface area contributed by atoms with Gasteiger partial charge in [0.05, 0.1) is 11.3 Å². The van der Waals surface area contributed by atoms with Crippen molar-refractivity contribution in [3.05, 3.63) is 82.0 Å². The molecule has 0 amide bonds. The van der Waals surface area contributed by atoms with Crippen molar-refractivity contribution in [2.24, 2.45) is 0 Å². The number of hydrogen-bond acceptors (Lipinski definition) is 3. The van der Waals surface area contributed by atoms with E-state index in [9.17, 15) is 4.79 Å². The van der Waals surface area contributed by atoms with E-state index >= 15 is 0 Å². The van der Waals surface area contributed by atoms with Crippen molar-refractivity contribution in [2.75, 3.05) is 11.4 Å². The van der Waals surface area contributed by atoms with Gasteiger partial charge in [-0.2, -0.15) is 5.10 Å². The summed E-state index contributed by atoms with van der Waals surface area (Å²) in [6.45, 7) is 2.62. The largest absolute Gasteiger partial charge is 0.478 e. The Labute approximate surface area is 180 Å². The second kappa shape index (κ2) is 7.47. The van der Waals surface area contributed by atoms with Crippen molar-refractivity contribution in [2.45, 2.75) is 44.2 Å². The quantitative estimate of drug-likeness (QED) is 0.621. The van der Waals surface area contributed by atoms with Crippen LogP contribution in [0.25, 0.3) is 0 Å². The molecule has 3 aromatic rings. The summed E-state index contributed by atoms with van der Waals surface area (Å²) in [5.74, 6) is 0.240. The molecule has 0 unspecified atom stereocenters. The molecule has 0 spiro atoms. The molecule has 1 aliphatic carbocycles. The van der Waals surface area contributed by atoms with E-state index in [0.717, 1.165) is 61.0 Å². The van der Waals surface area contributed by atoms with Crippen LogP contribution in [0.3, 0.4) is 0 Å². The van der Waals surface area contributed by atoms with Gasteiger partial charge in [0.1, 0.15) is 5.82 Å². The number of carbonyl (C=O) groups is 1. The Morgan fingerprint density at radius 2 is 1.83 bits per heavy atom. The molecule has 1 aromatic heterocycles. The maximum atomic E-state index is 11.1. The van der Waals surface area contributed by atoms with Crippen LogP contribution in [0.5, 0.6) is 0 Å². The third-order valence-electron chi connectivity index (χ3n) is 6.54. The molecule has 2 heterocycles. The highest BCUT2D eigenvalue weighted by molar-refractivity contribution is 6.31. The molecule has 1 N–H and O–H groups in total. The minimum atomic E-state index is -0.896. The lowest BCUT2D eigenvalue weighted by Gasteiger charge is -2.41. The van der Waals surface area contributed by atoms with Crippen LogP contribution in [-0.2, 0) is 18.5 Å². The van der Waals surface area contributed by atoms with Crippen LogP contribution in [0.1, 0.15) is 52.9 Å². The second-order valence-electron chi connectivity index (χ2n) is 8.30. The predicted molar refractivity (Wildman–Crippen MR) is 117 cm³/mol. The zero-order valence-electron chi connectivity index (χ0n) is 16.7. The van der Waals surface area contributed by atoms with Crippen LogP contribution >= 0.6 is 11.6 Å². The fraction of sp³-hybridized carbons (Fsp3) is 0.333. The Morgan fingerprint density at radius 3 is 2.50 bits per heavy atom. The lowest BCUT2D eigenvalue weighted by molar-refractivity contribution is 0.0697. The smallest absolute Gasteiger partial charge is 0.335 e. The molecule has 2 aromatic carbocycles. The summed E-state index contributed by atoms with van der Waals surface area (Å²) in [6, 6.07) is 17.5. The van der Waals surface area contributed by atoms with Gasteiger partial charge >= 0.3 is 5.97 Å². The molecule has 1 saturated carbocycles. The topological polar surface area (TPSA) is 58.4 Å². The van der Waals surface area contributed by atoms with Gasteiger partial charge in [0.2, 0.25) is 0 Å². The highest BCUT2D eigenvalue weighted by Crippen LogP contribution is 2.51. The minimum Gasteiger partial charge on any atom is -0.478 e. The van der Waals surface area contributed by atoms with Crippen LogP contribution in [-0.4, -0.2) is 27.4 Å². The number of carboxylic acid groups (broad SMARTS) is 1. The number of nitrogens with zero attached hydrogens (tertiary/aromatic N) is 3. The highest BCUT2D eigenvalue weighted by atomic mass is 35.5. The molecule has 0 atom stereocenters. The molecule has 30 heavy (non-hydrogen) atoms. The van der Waals surface area contributed by atoms with Crippen molar-refractivity contribution in [1.82, 2.24) is 9.78 Å². The number of hydrogen-bond donors (Lipinski definition) is 1. The number of aryl methyl sites for hydroxylation is 1. The van der Waals surface area contributed by atoms with E-state index in [2.05, 4.69) is 27.8 Å². The normalized spacial score (nSPS) is 17.3. The first-order chi connectivity index (χ1) is 14.6. The average Bonchev–Trinajstić information content (AvgIpc) is 3.14. The van der Waals surface area contributed by atoms with Gasteiger partial charge in [-0.15, -0.1) is 0 Å². The van der Waals surface area contributed by atoms with Crippen LogP contribution in [0.4, 0.5) is 5.82 Å². The third-order valence-corrected chi connectivity index (χ3v) is 6.87. The van der Waals surface area contributed by atoms with E-state index in [0.29, 0.717) is 5.56 Å². The van der Waals surface area contributed by atoms with Crippen molar-refractivity contribution < 1.29 is 9.90 Å². The molecule has 0 saturated heterocycles. The Balaban J connectivity index is 1.46. The standard InChI is InChI=1S/C24H24ClN3O2/c25-20-6-2-1-5-19(20)24(11-3-12-24)21-15-22-27(13-4-14-28(22)26-21)16-17-7-9-18(10-8-17)23(29)30/h1-2,5-10,15H,3-4,11-14,16H2,(H,29,30). The fourth-order valence-electron chi connectivity index (χ4n) is 4.76. The lowest BCUT2D eigenvalue weighted by Crippen LogP contribution is -2.36. The van der Waals surface area contributed by atoms with E-state index in [1.165, 1.54) is 12.0 Å². The number of benzene rings is 2. The number of halogens is 1. The van der Waals surface area contributed by atoms with E-state index in [-0.39, 0.29) is 5.41 Å². The van der Waals surface area contributed by atoms with Crippen molar-refractivity contribution in [3.8, 4) is 0 Å². The summed E-state index contributed by atoms with van der Waals surface area (Å²) in [5.41, 5.74) is 3.63. The van der Waals surface area contributed by atoms with Gasteiger partial charge in [-0.1, -0.05) is 48.4 Å². The first-order valence-corrected chi connectivity index (χ1v) is 10.9. The number of aromatic nitrogens is 2. The van der Waals surface area contributed by atoms with E-state index in [1.54, 1.807) is 12.1 Å². The van der Waals surface area contributed by atoms with Gasteiger partial charge in [-0.3, -0.25) is 0 Å². The number of rotatable bonds is 5. The van der Waals surface area contributed by atoms with E-state index < -0.39 is 5.97 Å². The zero-order chi connectivity index (χ0) is 20.7. The monoisotopic (exact) mass is 421 g/mol. The molecule has 1 aliphatic heterocycles. The Morgan fingerprint density at radius 1 is 1.07 bits per heavy atom. The van der Waals surface area contributed by atoms with Gasteiger partial charge in [0.25, 0.3) is 0 Å². The maximum absolute atomic E-state index is 11.1. The summed E-state index contributed by atoms with van der Waals surface area (Å²) in [6.07, 6.45) is 4.38. The number of aromatic carboxylic acids is 1.